The zero-order chi connectivity index (χ0) is 21.8. The van der Waals surface area contributed by atoms with E-state index in [1.807, 2.05) is 56.3 Å². The largest absolute Gasteiger partial charge is 0.363 e. The lowest BCUT2D eigenvalue weighted by Crippen LogP contribution is -2.35. The highest BCUT2D eigenvalue weighted by molar-refractivity contribution is 5.80. The molecule has 0 radical (unpaired) electrons. The number of amides is 1. The van der Waals surface area contributed by atoms with Gasteiger partial charge in [0.05, 0.1) is 18.4 Å². The van der Waals surface area contributed by atoms with E-state index < -0.39 is 0 Å². The standard InChI is InChI=1S/C23H24N6O2/c1-15(2)27-22-23(31)29(20(13-26-22)16-6-4-3-5-7-16)14-21(30)25-12-18-10-17-11-24-9-8-19(17)28-18/h3-11,13,15,28H,12,14H2,1-2H3,(H,25,30)(H,26,27). The molecule has 0 aliphatic rings. The van der Waals surface area contributed by atoms with Crippen LogP contribution in [0.4, 0.5) is 5.82 Å². The van der Waals surface area contributed by atoms with Crippen molar-refractivity contribution in [2.24, 2.45) is 0 Å². The normalized spacial score (nSPS) is 11.1. The topological polar surface area (TPSA) is 105 Å². The van der Waals surface area contributed by atoms with Gasteiger partial charge in [-0.3, -0.25) is 19.1 Å². The maximum atomic E-state index is 13.1. The highest BCUT2D eigenvalue weighted by Crippen LogP contribution is 2.18. The molecule has 3 N–H and O–H groups in total. The maximum Gasteiger partial charge on any atom is 0.294 e. The Morgan fingerprint density at radius 1 is 1.16 bits per heavy atom. The summed E-state index contributed by atoms with van der Waals surface area (Å²) in [5.41, 5.74) is 2.90. The molecule has 0 saturated carbocycles. The van der Waals surface area contributed by atoms with Crippen molar-refractivity contribution in [3.63, 3.8) is 0 Å². The van der Waals surface area contributed by atoms with Gasteiger partial charge < -0.3 is 15.6 Å². The molecule has 8 nitrogen and oxygen atoms in total. The molecule has 0 aliphatic carbocycles. The molecule has 3 aromatic heterocycles. The fourth-order valence-corrected chi connectivity index (χ4v) is 3.38. The van der Waals surface area contributed by atoms with Crippen LogP contribution in [0.15, 0.2) is 65.8 Å². The van der Waals surface area contributed by atoms with Crippen LogP contribution >= 0.6 is 0 Å². The third kappa shape index (κ3) is 4.63. The third-order valence-electron chi connectivity index (χ3n) is 4.80. The lowest BCUT2D eigenvalue weighted by atomic mass is 10.1. The first-order valence-electron chi connectivity index (χ1n) is 10.1. The van der Waals surface area contributed by atoms with Gasteiger partial charge >= 0.3 is 0 Å². The molecule has 0 unspecified atom stereocenters. The van der Waals surface area contributed by atoms with Crippen molar-refractivity contribution in [2.45, 2.75) is 33.0 Å². The number of H-pyrrole nitrogens is 1. The second-order valence-electron chi connectivity index (χ2n) is 7.58. The Kier molecular flexibility index (Phi) is 5.79. The molecule has 4 aromatic rings. The van der Waals surface area contributed by atoms with Gasteiger partial charge in [0.2, 0.25) is 5.91 Å². The van der Waals surface area contributed by atoms with Crippen LogP contribution in [0.5, 0.6) is 0 Å². The first kappa shape index (κ1) is 20.3. The summed E-state index contributed by atoms with van der Waals surface area (Å²) in [4.78, 5) is 37.4. The van der Waals surface area contributed by atoms with Gasteiger partial charge in [0.1, 0.15) is 6.54 Å². The van der Waals surface area contributed by atoms with E-state index in [9.17, 15) is 9.59 Å². The number of benzene rings is 1. The van der Waals surface area contributed by atoms with Crippen LogP contribution in [0.3, 0.4) is 0 Å². The number of carbonyl (C=O) groups excluding carboxylic acids is 1. The van der Waals surface area contributed by atoms with Gasteiger partial charge in [-0.15, -0.1) is 0 Å². The summed E-state index contributed by atoms with van der Waals surface area (Å²) in [6.45, 7) is 4.07. The van der Waals surface area contributed by atoms with Gasteiger partial charge in [-0.2, -0.15) is 0 Å². The van der Waals surface area contributed by atoms with Crippen LogP contribution < -0.4 is 16.2 Å². The fourth-order valence-electron chi connectivity index (χ4n) is 3.38. The Morgan fingerprint density at radius 3 is 2.71 bits per heavy atom. The lowest BCUT2D eigenvalue weighted by Gasteiger charge is -2.16. The van der Waals surface area contributed by atoms with Crippen molar-refractivity contribution in [1.29, 1.82) is 0 Å². The maximum absolute atomic E-state index is 13.1. The zero-order valence-electron chi connectivity index (χ0n) is 17.4. The number of pyridine rings is 1. The number of aromatic nitrogens is 4. The smallest absolute Gasteiger partial charge is 0.294 e. The van der Waals surface area contributed by atoms with Crippen molar-refractivity contribution in [3.05, 3.63) is 77.1 Å². The second kappa shape index (κ2) is 8.83. The minimum atomic E-state index is -0.332. The molecule has 0 fully saturated rings. The van der Waals surface area contributed by atoms with E-state index in [0.717, 1.165) is 22.2 Å². The Morgan fingerprint density at radius 2 is 1.97 bits per heavy atom. The van der Waals surface area contributed by atoms with Crippen LogP contribution in [0.1, 0.15) is 19.5 Å². The predicted octanol–water partition coefficient (Wildman–Crippen LogP) is 2.92. The molecular weight excluding hydrogens is 392 g/mol. The van der Waals surface area contributed by atoms with Crippen molar-refractivity contribution in [2.75, 3.05) is 5.32 Å². The average Bonchev–Trinajstić information content (AvgIpc) is 3.18. The number of anilines is 1. The number of carbonyl (C=O) groups is 1. The number of hydrogen-bond acceptors (Lipinski definition) is 5. The van der Waals surface area contributed by atoms with Crippen LogP contribution in [-0.2, 0) is 17.9 Å². The molecule has 31 heavy (non-hydrogen) atoms. The summed E-state index contributed by atoms with van der Waals surface area (Å²) < 4.78 is 1.46. The number of aromatic amines is 1. The summed E-state index contributed by atoms with van der Waals surface area (Å²) in [6.07, 6.45) is 5.10. The number of nitrogens with zero attached hydrogens (tertiary/aromatic N) is 3. The Labute approximate surface area is 179 Å². The first-order chi connectivity index (χ1) is 15.0. The summed E-state index contributed by atoms with van der Waals surface area (Å²) >= 11 is 0. The number of fused-ring (bicyclic) bond motifs is 1. The molecule has 158 valence electrons. The van der Waals surface area contributed by atoms with E-state index in [0.29, 0.717) is 12.2 Å². The molecule has 0 spiro atoms. The highest BCUT2D eigenvalue weighted by atomic mass is 16.2. The molecule has 0 saturated heterocycles. The highest BCUT2D eigenvalue weighted by Gasteiger charge is 2.15. The molecule has 8 heteroatoms. The summed E-state index contributed by atoms with van der Waals surface area (Å²) in [6, 6.07) is 13.3. The molecule has 0 bridgehead atoms. The fraction of sp³-hybridized carbons (Fsp3) is 0.217. The van der Waals surface area contributed by atoms with Gasteiger partial charge in [-0.25, -0.2) is 4.98 Å². The monoisotopic (exact) mass is 416 g/mol. The number of nitrogens with one attached hydrogen (secondary N) is 3. The zero-order valence-corrected chi connectivity index (χ0v) is 17.4. The van der Waals surface area contributed by atoms with E-state index in [1.54, 1.807) is 18.6 Å². The van der Waals surface area contributed by atoms with E-state index >= 15 is 0 Å². The Bertz CT molecular complexity index is 1230. The van der Waals surface area contributed by atoms with Crippen molar-refractivity contribution >= 4 is 22.6 Å². The van der Waals surface area contributed by atoms with E-state index in [-0.39, 0.29) is 29.9 Å². The van der Waals surface area contributed by atoms with Gasteiger partial charge in [-0.1, -0.05) is 30.3 Å². The second-order valence-corrected chi connectivity index (χ2v) is 7.58. The summed E-state index contributed by atoms with van der Waals surface area (Å²) in [5.74, 6) is -0.0386. The van der Waals surface area contributed by atoms with Gasteiger partial charge in [-0.05, 0) is 31.5 Å². The van der Waals surface area contributed by atoms with Gasteiger partial charge in [0.15, 0.2) is 5.82 Å². The Hall–Kier alpha value is -3.94. The van der Waals surface area contributed by atoms with Crippen LogP contribution in [0.2, 0.25) is 0 Å². The van der Waals surface area contributed by atoms with Gasteiger partial charge in [0, 0.05) is 35.0 Å². The molecule has 1 amide bonds. The summed E-state index contributed by atoms with van der Waals surface area (Å²) in [5, 5.41) is 6.91. The molecular formula is C23H24N6O2. The first-order valence-corrected chi connectivity index (χ1v) is 10.1. The van der Waals surface area contributed by atoms with E-state index in [1.165, 1.54) is 4.57 Å². The van der Waals surface area contributed by atoms with Crippen LogP contribution in [0.25, 0.3) is 22.2 Å². The van der Waals surface area contributed by atoms with Crippen molar-refractivity contribution in [3.8, 4) is 11.3 Å². The lowest BCUT2D eigenvalue weighted by molar-refractivity contribution is -0.121. The quantitative estimate of drug-likeness (QED) is 0.430. The van der Waals surface area contributed by atoms with Crippen molar-refractivity contribution < 1.29 is 4.79 Å². The molecule has 1 aromatic carbocycles. The van der Waals surface area contributed by atoms with E-state index in [4.69, 9.17) is 0 Å². The predicted molar refractivity (Wildman–Crippen MR) is 121 cm³/mol. The third-order valence-corrected chi connectivity index (χ3v) is 4.80. The minimum absolute atomic E-state index is 0.0431. The van der Waals surface area contributed by atoms with E-state index in [2.05, 4.69) is 25.6 Å². The average molecular weight is 416 g/mol. The minimum Gasteiger partial charge on any atom is -0.363 e. The molecule has 4 rings (SSSR count). The number of hydrogen-bond donors (Lipinski definition) is 3. The summed E-state index contributed by atoms with van der Waals surface area (Å²) in [7, 11) is 0. The van der Waals surface area contributed by atoms with Crippen LogP contribution in [-0.4, -0.2) is 31.5 Å². The SMILES string of the molecule is CC(C)Nc1ncc(-c2ccccc2)n(CC(=O)NCc2cc3cnccc3[nH]2)c1=O. The Balaban J connectivity index is 1.57. The van der Waals surface area contributed by atoms with Gasteiger partial charge in [0.25, 0.3) is 5.56 Å². The van der Waals surface area contributed by atoms with Crippen molar-refractivity contribution in [1.82, 2.24) is 24.8 Å². The van der Waals surface area contributed by atoms with Crippen LogP contribution in [0, 0.1) is 0 Å². The molecule has 0 atom stereocenters. The number of rotatable bonds is 7. The molecule has 0 aliphatic heterocycles. The molecule has 3 heterocycles.